The van der Waals surface area contributed by atoms with Crippen molar-refractivity contribution in [3.63, 3.8) is 0 Å². The summed E-state index contributed by atoms with van der Waals surface area (Å²) in [5.41, 5.74) is 1.30. The van der Waals surface area contributed by atoms with Crippen molar-refractivity contribution in [3.8, 4) is 5.69 Å². The highest BCUT2D eigenvalue weighted by atomic mass is 35.5. The molecule has 0 atom stereocenters. The number of nitrogens with zero attached hydrogens (tertiary/aromatic N) is 3. The average molecular weight is 465 g/mol. The van der Waals surface area contributed by atoms with Gasteiger partial charge in [-0.1, -0.05) is 57.3 Å². The highest BCUT2D eigenvalue weighted by Crippen LogP contribution is 2.32. The fraction of sp³-hybridized carbons (Fsp3) is 0.522. The third kappa shape index (κ3) is 6.01. The van der Waals surface area contributed by atoms with E-state index in [4.69, 9.17) is 28.3 Å². The number of rotatable bonds is 8. The standard InChI is InChI=1S/C23H30Cl2N4O2/c1-5-6-11-28(22(31)15-7-8-15)14-21(30)26-20-13-19(23(2,3)4)27-29(20)16-9-10-17(24)18(25)12-16/h9-10,12-13,15H,5-8,11,14H2,1-4H3,(H,26,30). The van der Waals surface area contributed by atoms with Crippen molar-refractivity contribution in [2.75, 3.05) is 18.4 Å². The SMILES string of the molecule is CCCCN(CC(=O)Nc1cc(C(C)(C)C)nn1-c1ccc(Cl)c(Cl)c1)C(=O)C1CC1. The molecule has 3 rings (SSSR count). The maximum absolute atomic E-state index is 12.9. The number of benzene rings is 1. The van der Waals surface area contributed by atoms with E-state index in [2.05, 4.69) is 33.0 Å². The Hall–Kier alpha value is -2.05. The van der Waals surface area contributed by atoms with Gasteiger partial charge in [0.15, 0.2) is 0 Å². The lowest BCUT2D eigenvalue weighted by atomic mass is 9.92. The molecule has 1 aromatic carbocycles. The highest BCUT2D eigenvalue weighted by molar-refractivity contribution is 6.42. The zero-order chi connectivity index (χ0) is 22.8. The number of hydrogen-bond donors (Lipinski definition) is 1. The van der Waals surface area contributed by atoms with E-state index in [1.54, 1.807) is 27.8 Å². The first-order valence-corrected chi connectivity index (χ1v) is 11.5. The van der Waals surface area contributed by atoms with Gasteiger partial charge in [0.05, 0.1) is 28.0 Å². The van der Waals surface area contributed by atoms with Crippen LogP contribution in [0.3, 0.4) is 0 Å². The van der Waals surface area contributed by atoms with E-state index in [0.29, 0.717) is 28.1 Å². The predicted molar refractivity (Wildman–Crippen MR) is 125 cm³/mol. The zero-order valence-electron chi connectivity index (χ0n) is 18.5. The molecule has 0 bridgehead atoms. The summed E-state index contributed by atoms with van der Waals surface area (Å²) in [6.45, 7) is 8.87. The van der Waals surface area contributed by atoms with Gasteiger partial charge in [-0.25, -0.2) is 4.68 Å². The quantitative estimate of drug-likeness (QED) is 0.564. The summed E-state index contributed by atoms with van der Waals surface area (Å²) < 4.78 is 1.65. The van der Waals surface area contributed by atoms with Gasteiger partial charge >= 0.3 is 0 Å². The predicted octanol–water partition coefficient (Wildman–Crippen LogP) is 5.45. The molecule has 1 N–H and O–H groups in total. The van der Waals surface area contributed by atoms with Crippen molar-refractivity contribution >= 4 is 40.8 Å². The molecular weight excluding hydrogens is 435 g/mol. The molecule has 0 aliphatic heterocycles. The Morgan fingerprint density at radius 1 is 1.19 bits per heavy atom. The summed E-state index contributed by atoms with van der Waals surface area (Å²) in [5.74, 6) is 0.449. The van der Waals surface area contributed by atoms with Gasteiger partial charge in [0.2, 0.25) is 11.8 Å². The van der Waals surface area contributed by atoms with Gasteiger partial charge in [-0.3, -0.25) is 9.59 Å². The van der Waals surface area contributed by atoms with Crippen LogP contribution in [-0.4, -0.2) is 39.6 Å². The summed E-state index contributed by atoms with van der Waals surface area (Å²) in [6.07, 6.45) is 3.68. The molecule has 0 unspecified atom stereocenters. The van der Waals surface area contributed by atoms with E-state index in [-0.39, 0.29) is 29.7 Å². The van der Waals surface area contributed by atoms with Crippen LogP contribution >= 0.6 is 23.2 Å². The summed E-state index contributed by atoms with van der Waals surface area (Å²) in [6, 6.07) is 7.07. The minimum absolute atomic E-state index is 0.0345. The molecule has 1 fully saturated rings. The van der Waals surface area contributed by atoms with E-state index < -0.39 is 0 Å². The highest BCUT2D eigenvalue weighted by Gasteiger charge is 2.34. The molecule has 2 amide bonds. The normalized spacial score (nSPS) is 13.9. The van der Waals surface area contributed by atoms with E-state index in [9.17, 15) is 9.59 Å². The number of aromatic nitrogens is 2. The number of carbonyl (C=O) groups excluding carboxylic acids is 2. The van der Waals surface area contributed by atoms with Crippen LogP contribution < -0.4 is 5.32 Å². The molecule has 1 aliphatic rings. The average Bonchev–Trinajstić information content (AvgIpc) is 3.46. The van der Waals surface area contributed by atoms with Crippen molar-refractivity contribution in [3.05, 3.63) is 40.0 Å². The van der Waals surface area contributed by atoms with Crippen molar-refractivity contribution in [1.29, 1.82) is 0 Å². The zero-order valence-corrected chi connectivity index (χ0v) is 20.1. The van der Waals surface area contributed by atoms with Crippen LogP contribution in [0.15, 0.2) is 24.3 Å². The molecule has 0 radical (unpaired) electrons. The van der Waals surface area contributed by atoms with Gasteiger partial charge in [0.1, 0.15) is 5.82 Å². The van der Waals surface area contributed by atoms with Crippen LogP contribution in [-0.2, 0) is 15.0 Å². The van der Waals surface area contributed by atoms with E-state index in [1.165, 1.54) is 0 Å². The molecular formula is C23H30Cl2N4O2. The monoisotopic (exact) mass is 464 g/mol. The Morgan fingerprint density at radius 3 is 2.48 bits per heavy atom. The number of carbonyl (C=O) groups is 2. The van der Waals surface area contributed by atoms with Crippen molar-refractivity contribution in [1.82, 2.24) is 14.7 Å². The van der Waals surface area contributed by atoms with Gasteiger partial charge in [-0.05, 0) is 37.5 Å². The topological polar surface area (TPSA) is 67.2 Å². The Balaban J connectivity index is 1.84. The van der Waals surface area contributed by atoms with Crippen LogP contribution in [0.25, 0.3) is 5.69 Å². The molecule has 1 aliphatic carbocycles. The van der Waals surface area contributed by atoms with Crippen molar-refractivity contribution in [2.24, 2.45) is 5.92 Å². The van der Waals surface area contributed by atoms with E-state index >= 15 is 0 Å². The van der Waals surface area contributed by atoms with Crippen LogP contribution in [0.1, 0.15) is 59.1 Å². The smallest absolute Gasteiger partial charge is 0.245 e. The van der Waals surface area contributed by atoms with Crippen LogP contribution in [0.4, 0.5) is 5.82 Å². The molecule has 6 nitrogen and oxygen atoms in total. The second kappa shape index (κ2) is 9.61. The maximum atomic E-state index is 12.9. The number of nitrogens with one attached hydrogen (secondary N) is 1. The first kappa shape index (κ1) is 23.6. The summed E-state index contributed by atoms with van der Waals surface area (Å²) >= 11 is 12.3. The molecule has 31 heavy (non-hydrogen) atoms. The van der Waals surface area contributed by atoms with Crippen LogP contribution in [0, 0.1) is 5.92 Å². The Morgan fingerprint density at radius 2 is 1.90 bits per heavy atom. The summed E-state index contributed by atoms with van der Waals surface area (Å²) in [7, 11) is 0. The molecule has 0 saturated heterocycles. The first-order chi connectivity index (χ1) is 14.6. The lowest BCUT2D eigenvalue weighted by Gasteiger charge is -2.22. The number of halogens is 2. The van der Waals surface area contributed by atoms with Crippen LogP contribution in [0.2, 0.25) is 10.0 Å². The molecule has 1 saturated carbocycles. The Kier molecular flexibility index (Phi) is 7.32. The van der Waals surface area contributed by atoms with Gasteiger partial charge in [-0.2, -0.15) is 5.10 Å². The number of amides is 2. The molecule has 168 valence electrons. The van der Waals surface area contributed by atoms with Crippen molar-refractivity contribution < 1.29 is 9.59 Å². The van der Waals surface area contributed by atoms with Gasteiger partial charge < -0.3 is 10.2 Å². The fourth-order valence-corrected chi connectivity index (χ4v) is 3.50. The largest absolute Gasteiger partial charge is 0.333 e. The molecule has 1 heterocycles. The fourth-order valence-electron chi connectivity index (χ4n) is 3.21. The number of hydrogen-bond acceptors (Lipinski definition) is 3. The second-order valence-corrected chi connectivity index (χ2v) is 9.93. The van der Waals surface area contributed by atoms with E-state index in [0.717, 1.165) is 31.4 Å². The molecule has 8 heteroatoms. The van der Waals surface area contributed by atoms with E-state index in [1.807, 2.05) is 6.07 Å². The molecule has 1 aromatic heterocycles. The van der Waals surface area contributed by atoms with Gasteiger partial charge in [0, 0.05) is 23.9 Å². The number of anilines is 1. The lowest BCUT2D eigenvalue weighted by Crippen LogP contribution is -2.39. The van der Waals surface area contributed by atoms with Gasteiger partial charge in [0.25, 0.3) is 0 Å². The van der Waals surface area contributed by atoms with Gasteiger partial charge in [-0.15, -0.1) is 0 Å². The Labute approximate surface area is 193 Å². The lowest BCUT2D eigenvalue weighted by molar-refractivity contribution is -0.135. The first-order valence-electron chi connectivity index (χ1n) is 10.7. The second-order valence-electron chi connectivity index (χ2n) is 9.11. The molecule has 2 aromatic rings. The third-order valence-electron chi connectivity index (χ3n) is 5.25. The van der Waals surface area contributed by atoms with Crippen LogP contribution in [0.5, 0.6) is 0 Å². The minimum atomic E-state index is -0.244. The molecule has 0 spiro atoms. The Bertz CT molecular complexity index is 961. The summed E-state index contributed by atoms with van der Waals surface area (Å²) in [5, 5.41) is 8.50. The minimum Gasteiger partial charge on any atom is -0.333 e. The maximum Gasteiger partial charge on any atom is 0.245 e. The summed E-state index contributed by atoms with van der Waals surface area (Å²) in [4.78, 5) is 27.2. The van der Waals surface area contributed by atoms with Crippen molar-refractivity contribution in [2.45, 2.75) is 58.8 Å². The number of unbranched alkanes of at least 4 members (excludes halogenated alkanes) is 1. The third-order valence-corrected chi connectivity index (χ3v) is 5.99.